The summed E-state index contributed by atoms with van der Waals surface area (Å²) in [6, 6.07) is 25.2. The molecule has 36 heavy (non-hydrogen) atoms. The lowest BCUT2D eigenvalue weighted by atomic mass is 10.1. The fourth-order valence-corrected chi connectivity index (χ4v) is 5.40. The summed E-state index contributed by atoms with van der Waals surface area (Å²) in [6.07, 6.45) is 1.51. The number of carbonyl (C=O) groups excluding carboxylic acids is 1. The number of ether oxygens (including phenoxy) is 1. The molecule has 0 saturated heterocycles. The third-order valence-corrected chi connectivity index (χ3v) is 6.66. The van der Waals surface area contributed by atoms with E-state index in [9.17, 15) is 9.59 Å². The number of benzene rings is 3. The molecule has 0 atom stereocenters. The molecule has 0 bridgehead atoms. The first-order chi connectivity index (χ1) is 17.3. The molecule has 0 radical (unpaired) electrons. The molecule has 182 valence electrons. The van der Waals surface area contributed by atoms with Gasteiger partial charge < -0.3 is 14.4 Å². The van der Waals surface area contributed by atoms with Crippen LogP contribution in [0.2, 0.25) is 0 Å². The van der Waals surface area contributed by atoms with Gasteiger partial charge in [-0.1, -0.05) is 30.3 Å². The van der Waals surface area contributed by atoms with Crippen LogP contribution in [0.5, 0.6) is 5.75 Å². The topological polar surface area (TPSA) is 92.9 Å². The van der Waals surface area contributed by atoms with Crippen LogP contribution in [-0.2, 0) is 4.79 Å². The van der Waals surface area contributed by atoms with Gasteiger partial charge in [-0.05, 0) is 105 Å². The second kappa shape index (κ2) is 11.5. The second-order valence-corrected chi connectivity index (χ2v) is 9.82. The number of carboxylic acids is 1. The Balaban J connectivity index is 1.45. The van der Waals surface area contributed by atoms with E-state index in [1.165, 1.54) is 6.21 Å². The maximum absolute atomic E-state index is 12.6. The van der Waals surface area contributed by atoms with E-state index in [2.05, 4.69) is 55.3 Å². The Labute approximate surface area is 230 Å². The Morgan fingerprint density at radius 1 is 1.08 bits per heavy atom. The SMILES string of the molecule is Cc1ccc(-c2ccccc2)n1-c1ccc(C(=O)N/N=C/c2cc(Br)c(OCC(=O)O)c(I)c2)cc1. The summed E-state index contributed by atoms with van der Waals surface area (Å²) in [5, 5.41) is 12.9. The monoisotopic (exact) mass is 657 g/mol. The van der Waals surface area contributed by atoms with Crippen LogP contribution in [-0.4, -0.2) is 34.4 Å². The van der Waals surface area contributed by atoms with Crippen molar-refractivity contribution in [2.24, 2.45) is 5.10 Å². The van der Waals surface area contributed by atoms with E-state index in [0.29, 0.717) is 24.9 Å². The van der Waals surface area contributed by atoms with Crippen molar-refractivity contribution in [3.05, 3.63) is 104 Å². The number of hydrogen-bond acceptors (Lipinski definition) is 4. The summed E-state index contributed by atoms with van der Waals surface area (Å²) < 4.78 is 8.74. The highest BCUT2D eigenvalue weighted by atomic mass is 127. The van der Waals surface area contributed by atoms with Crippen LogP contribution in [0.15, 0.2) is 88.4 Å². The molecule has 7 nitrogen and oxygen atoms in total. The molecule has 0 fully saturated rings. The molecule has 3 aromatic carbocycles. The Hall–Kier alpha value is -3.44. The first kappa shape index (κ1) is 25.6. The van der Waals surface area contributed by atoms with Crippen molar-refractivity contribution in [1.29, 1.82) is 0 Å². The fraction of sp³-hybridized carbons (Fsp3) is 0.0741. The summed E-state index contributed by atoms with van der Waals surface area (Å²) in [7, 11) is 0. The molecule has 0 saturated carbocycles. The molecular formula is C27H21BrIN3O4. The highest BCUT2D eigenvalue weighted by Gasteiger charge is 2.12. The molecule has 4 rings (SSSR count). The highest BCUT2D eigenvalue weighted by molar-refractivity contribution is 14.1. The molecule has 9 heteroatoms. The zero-order valence-electron chi connectivity index (χ0n) is 19.1. The standard InChI is InChI=1S/C27H21BrIN3O4/c1-17-7-12-24(19-5-3-2-4-6-19)32(17)21-10-8-20(9-11-21)27(35)31-30-15-18-13-22(28)26(23(29)14-18)36-16-25(33)34/h2-15H,16H2,1H3,(H,31,35)(H,33,34)/b30-15+. The molecular weight excluding hydrogens is 637 g/mol. The maximum Gasteiger partial charge on any atom is 0.341 e. The lowest BCUT2D eigenvalue weighted by Crippen LogP contribution is -2.17. The lowest BCUT2D eigenvalue weighted by Gasteiger charge is -2.12. The Bertz CT molecular complexity index is 1410. The van der Waals surface area contributed by atoms with E-state index < -0.39 is 12.6 Å². The average Bonchev–Trinajstić information content (AvgIpc) is 3.25. The Morgan fingerprint density at radius 3 is 2.47 bits per heavy atom. The minimum absolute atomic E-state index is 0.333. The van der Waals surface area contributed by atoms with E-state index in [-0.39, 0.29) is 5.91 Å². The first-order valence-electron chi connectivity index (χ1n) is 10.8. The van der Waals surface area contributed by atoms with Gasteiger partial charge in [0.25, 0.3) is 5.91 Å². The third-order valence-electron chi connectivity index (χ3n) is 5.27. The number of hydrazone groups is 1. The molecule has 4 aromatic rings. The number of carbonyl (C=O) groups is 2. The number of amides is 1. The smallest absolute Gasteiger partial charge is 0.341 e. The molecule has 0 aliphatic carbocycles. The molecule has 1 aromatic heterocycles. The first-order valence-corrected chi connectivity index (χ1v) is 12.7. The maximum atomic E-state index is 12.6. The number of hydrogen-bond donors (Lipinski definition) is 2. The number of carboxylic acid groups (broad SMARTS) is 1. The summed E-state index contributed by atoms with van der Waals surface area (Å²) in [5.41, 5.74) is 7.98. The number of rotatable bonds is 8. The predicted molar refractivity (Wildman–Crippen MR) is 151 cm³/mol. The van der Waals surface area contributed by atoms with E-state index in [4.69, 9.17) is 9.84 Å². The quantitative estimate of drug-likeness (QED) is 0.137. The van der Waals surface area contributed by atoms with Crippen molar-refractivity contribution in [2.75, 3.05) is 6.61 Å². The zero-order valence-corrected chi connectivity index (χ0v) is 22.9. The molecule has 2 N–H and O–H groups in total. The van der Waals surface area contributed by atoms with E-state index in [0.717, 1.165) is 22.6 Å². The normalized spacial score (nSPS) is 11.0. The molecule has 0 aliphatic heterocycles. The molecule has 0 unspecified atom stereocenters. The minimum atomic E-state index is -1.06. The van der Waals surface area contributed by atoms with Gasteiger partial charge in [0, 0.05) is 16.9 Å². The number of nitrogens with zero attached hydrogens (tertiary/aromatic N) is 2. The van der Waals surface area contributed by atoms with Crippen LogP contribution in [0.1, 0.15) is 21.6 Å². The van der Waals surface area contributed by atoms with Crippen molar-refractivity contribution in [2.45, 2.75) is 6.92 Å². The second-order valence-electron chi connectivity index (χ2n) is 7.80. The summed E-state index contributed by atoms with van der Waals surface area (Å²) in [4.78, 5) is 23.4. The average molecular weight is 658 g/mol. The van der Waals surface area contributed by atoms with E-state index in [1.807, 2.05) is 59.8 Å². The summed E-state index contributed by atoms with van der Waals surface area (Å²) in [5.74, 6) is -0.952. The van der Waals surface area contributed by atoms with Crippen molar-refractivity contribution in [3.8, 4) is 22.7 Å². The predicted octanol–water partition coefficient (Wildman–Crippen LogP) is 6.05. The van der Waals surface area contributed by atoms with Gasteiger partial charge >= 0.3 is 5.97 Å². The van der Waals surface area contributed by atoms with Gasteiger partial charge in [-0.2, -0.15) is 5.10 Å². The number of halogens is 2. The largest absolute Gasteiger partial charge is 0.480 e. The Morgan fingerprint density at radius 2 is 1.81 bits per heavy atom. The summed E-state index contributed by atoms with van der Waals surface area (Å²) in [6.45, 7) is 1.61. The van der Waals surface area contributed by atoms with Gasteiger partial charge in [0.05, 0.1) is 20.0 Å². The third kappa shape index (κ3) is 6.03. The number of aryl methyl sites for hydroxylation is 1. The number of aliphatic carboxylic acids is 1. The zero-order chi connectivity index (χ0) is 25.7. The van der Waals surface area contributed by atoms with Crippen LogP contribution in [0.25, 0.3) is 16.9 Å². The van der Waals surface area contributed by atoms with Crippen LogP contribution >= 0.6 is 38.5 Å². The van der Waals surface area contributed by atoms with Gasteiger partial charge in [-0.15, -0.1) is 0 Å². The molecule has 0 spiro atoms. The molecule has 1 amide bonds. The van der Waals surface area contributed by atoms with E-state index >= 15 is 0 Å². The fourth-order valence-electron chi connectivity index (χ4n) is 3.63. The van der Waals surface area contributed by atoms with E-state index in [1.54, 1.807) is 24.3 Å². The van der Waals surface area contributed by atoms with Crippen LogP contribution in [0, 0.1) is 10.5 Å². The highest BCUT2D eigenvalue weighted by Crippen LogP contribution is 2.31. The van der Waals surface area contributed by atoms with Crippen LogP contribution in [0.3, 0.4) is 0 Å². The van der Waals surface area contributed by atoms with Crippen LogP contribution in [0.4, 0.5) is 0 Å². The van der Waals surface area contributed by atoms with Crippen molar-refractivity contribution >= 4 is 56.6 Å². The van der Waals surface area contributed by atoms with Gasteiger partial charge in [-0.3, -0.25) is 4.79 Å². The molecule has 1 heterocycles. The van der Waals surface area contributed by atoms with Gasteiger partial charge in [-0.25, -0.2) is 10.2 Å². The number of nitrogens with one attached hydrogen (secondary N) is 1. The van der Waals surface area contributed by atoms with Crippen molar-refractivity contribution in [3.63, 3.8) is 0 Å². The van der Waals surface area contributed by atoms with Gasteiger partial charge in [0.15, 0.2) is 6.61 Å². The molecule has 0 aliphatic rings. The van der Waals surface area contributed by atoms with Crippen molar-refractivity contribution < 1.29 is 19.4 Å². The Kier molecular flexibility index (Phi) is 8.21. The van der Waals surface area contributed by atoms with Gasteiger partial charge in [0.1, 0.15) is 5.75 Å². The van der Waals surface area contributed by atoms with Crippen molar-refractivity contribution in [1.82, 2.24) is 9.99 Å². The van der Waals surface area contributed by atoms with Crippen LogP contribution < -0.4 is 10.2 Å². The lowest BCUT2D eigenvalue weighted by molar-refractivity contribution is -0.139. The summed E-state index contributed by atoms with van der Waals surface area (Å²) >= 11 is 5.43. The minimum Gasteiger partial charge on any atom is -0.480 e. The number of aromatic nitrogens is 1. The van der Waals surface area contributed by atoms with Gasteiger partial charge in [0.2, 0.25) is 0 Å².